The smallest absolute Gasteiger partial charge is 0.269 e. The lowest BCUT2D eigenvalue weighted by molar-refractivity contribution is -0.123. The van der Waals surface area contributed by atoms with Crippen LogP contribution in [0.5, 0.6) is 0 Å². The van der Waals surface area contributed by atoms with Crippen LogP contribution in [0.3, 0.4) is 0 Å². The van der Waals surface area contributed by atoms with E-state index in [4.69, 9.17) is 0 Å². The maximum atomic E-state index is 12.8. The van der Waals surface area contributed by atoms with Gasteiger partial charge < -0.3 is 0 Å². The van der Waals surface area contributed by atoms with Crippen LogP contribution in [-0.4, -0.2) is 31.6 Å². The van der Waals surface area contributed by atoms with Crippen molar-refractivity contribution in [3.63, 3.8) is 0 Å². The maximum Gasteiger partial charge on any atom is 0.269 e. The Hall–Kier alpha value is -3.49. The number of sulfonamides is 1. The van der Waals surface area contributed by atoms with E-state index in [0.29, 0.717) is 12.0 Å². The number of hydrogen-bond acceptors (Lipinski definition) is 4. The molecule has 8 heteroatoms. The second kappa shape index (κ2) is 11.8. The molecule has 0 aliphatic heterocycles. The molecule has 2 amide bonds. The van der Waals surface area contributed by atoms with Gasteiger partial charge in [0.15, 0.2) is 0 Å². The van der Waals surface area contributed by atoms with E-state index in [9.17, 15) is 18.0 Å². The van der Waals surface area contributed by atoms with E-state index in [1.165, 1.54) is 11.4 Å². The summed E-state index contributed by atoms with van der Waals surface area (Å²) in [6.45, 7) is 4.06. The number of nitrogens with zero attached hydrogens (tertiary/aromatic N) is 1. The van der Waals surface area contributed by atoms with E-state index in [1.54, 1.807) is 48.5 Å². The van der Waals surface area contributed by atoms with Crippen molar-refractivity contribution in [1.82, 2.24) is 15.2 Å². The lowest BCUT2D eigenvalue weighted by Gasteiger charge is -2.18. The zero-order valence-electron chi connectivity index (χ0n) is 20.2. The fourth-order valence-corrected chi connectivity index (χ4v) is 4.85. The number of nitrogens with one attached hydrogen (secondary N) is 2. The molecule has 3 rings (SSSR count). The summed E-state index contributed by atoms with van der Waals surface area (Å²) in [5.74, 6) is -1.07. The van der Waals surface area contributed by atoms with Crippen LogP contribution < -0.4 is 10.9 Å². The monoisotopic (exact) mass is 493 g/mol. The highest BCUT2D eigenvalue weighted by molar-refractivity contribution is 7.89. The third-order valence-electron chi connectivity index (χ3n) is 5.75. The van der Waals surface area contributed by atoms with E-state index < -0.39 is 15.9 Å². The standard InChI is InChI=1S/C27H31N3O4S/c1-4-8-25(22-9-6-5-7-10-22)27(32)29-28-26(31)23-15-13-21(14-16-23)19-30(3)35(33,34)24-17-11-20(2)12-18-24/h5-7,9-18,25H,4,8,19H2,1-3H3,(H,28,31)(H,29,32)/t25-/m1/s1. The van der Waals surface area contributed by atoms with Gasteiger partial charge in [-0.2, -0.15) is 4.31 Å². The number of carbonyl (C=O) groups excluding carboxylic acids is 2. The number of amides is 2. The highest BCUT2D eigenvalue weighted by atomic mass is 32.2. The predicted octanol–water partition coefficient (Wildman–Crippen LogP) is 4.16. The predicted molar refractivity (Wildman–Crippen MR) is 136 cm³/mol. The van der Waals surface area contributed by atoms with Crippen molar-refractivity contribution in [1.29, 1.82) is 0 Å². The van der Waals surface area contributed by atoms with Crippen molar-refractivity contribution >= 4 is 21.8 Å². The minimum atomic E-state index is -3.63. The van der Waals surface area contributed by atoms with Crippen molar-refractivity contribution in [3.05, 3.63) is 101 Å². The topological polar surface area (TPSA) is 95.6 Å². The molecule has 0 fully saturated rings. The average Bonchev–Trinajstić information content (AvgIpc) is 2.86. The zero-order chi connectivity index (χ0) is 25.4. The maximum absolute atomic E-state index is 12.8. The molecule has 7 nitrogen and oxygen atoms in total. The minimum absolute atomic E-state index is 0.157. The average molecular weight is 494 g/mol. The Morgan fingerprint density at radius 2 is 1.51 bits per heavy atom. The fourth-order valence-electron chi connectivity index (χ4n) is 3.69. The lowest BCUT2D eigenvalue weighted by atomic mass is 9.94. The molecule has 0 aromatic heterocycles. The van der Waals surface area contributed by atoms with Gasteiger partial charge in [-0.1, -0.05) is 73.5 Å². The first-order valence-electron chi connectivity index (χ1n) is 11.5. The number of rotatable bonds is 9. The van der Waals surface area contributed by atoms with Crippen LogP contribution in [0.25, 0.3) is 0 Å². The van der Waals surface area contributed by atoms with Crippen molar-refractivity contribution in [2.24, 2.45) is 0 Å². The van der Waals surface area contributed by atoms with Crippen LogP contribution in [-0.2, 0) is 21.4 Å². The Morgan fingerprint density at radius 1 is 0.886 bits per heavy atom. The van der Waals surface area contributed by atoms with E-state index in [1.807, 2.05) is 44.2 Å². The molecule has 2 N–H and O–H groups in total. The van der Waals surface area contributed by atoms with Crippen molar-refractivity contribution < 1.29 is 18.0 Å². The molecule has 0 aliphatic carbocycles. The summed E-state index contributed by atoms with van der Waals surface area (Å²) in [4.78, 5) is 25.5. The number of carbonyl (C=O) groups is 2. The number of benzene rings is 3. The molecule has 184 valence electrons. The first kappa shape index (κ1) is 26.1. The minimum Gasteiger partial charge on any atom is -0.273 e. The Morgan fingerprint density at radius 3 is 2.11 bits per heavy atom. The van der Waals surface area contributed by atoms with Gasteiger partial charge in [0.25, 0.3) is 5.91 Å². The molecule has 3 aromatic rings. The quantitative estimate of drug-likeness (QED) is 0.438. The van der Waals surface area contributed by atoms with Gasteiger partial charge in [0, 0.05) is 19.2 Å². The lowest BCUT2D eigenvalue weighted by Crippen LogP contribution is -2.44. The SMILES string of the molecule is CCC[C@@H](C(=O)NNC(=O)c1ccc(CN(C)S(=O)(=O)c2ccc(C)cc2)cc1)c1ccccc1. The van der Waals surface area contributed by atoms with Crippen molar-refractivity contribution in [2.75, 3.05) is 7.05 Å². The van der Waals surface area contributed by atoms with Crippen molar-refractivity contribution in [2.45, 2.75) is 44.0 Å². The molecule has 0 unspecified atom stereocenters. The first-order chi connectivity index (χ1) is 16.7. The normalized spacial score (nSPS) is 12.2. The Labute approximate surface area is 207 Å². The van der Waals surface area contributed by atoms with Gasteiger partial charge in [0.2, 0.25) is 15.9 Å². The molecular weight excluding hydrogens is 462 g/mol. The van der Waals surface area contributed by atoms with Gasteiger partial charge in [0.05, 0.1) is 10.8 Å². The molecule has 3 aromatic carbocycles. The van der Waals surface area contributed by atoms with Crippen LogP contribution in [0.2, 0.25) is 0 Å². The Balaban J connectivity index is 1.59. The second-order valence-electron chi connectivity index (χ2n) is 8.47. The molecule has 35 heavy (non-hydrogen) atoms. The summed E-state index contributed by atoms with van der Waals surface area (Å²) in [5, 5.41) is 0. The first-order valence-corrected chi connectivity index (χ1v) is 12.9. The largest absolute Gasteiger partial charge is 0.273 e. The fraction of sp³-hybridized carbons (Fsp3) is 0.259. The van der Waals surface area contributed by atoms with Crippen molar-refractivity contribution in [3.8, 4) is 0 Å². The van der Waals surface area contributed by atoms with Gasteiger partial charge >= 0.3 is 0 Å². The number of aryl methyl sites for hydroxylation is 1. The molecule has 0 saturated heterocycles. The Bertz CT molecular complexity index is 1240. The highest BCUT2D eigenvalue weighted by Crippen LogP contribution is 2.21. The summed E-state index contributed by atoms with van der Waals surface area (Å²) in [5.41, 5.74) is 7.97. The van der Waals surface area contributed by atoms with Gasteiger partial charge in [-0.05, 0) is 48.7 Å². The molecular formula is C27H31N3O4S. The van der Waals surface area contributed by atoms with Crippen LogP contribution in [0, 0.1) is 6.92 Å². The second-order valence-corrected chi connectivity index (χ2v) is 10.5. The molecule has 0 saturated carbocycles. The van der Waals surface area contributed by atoms with E-state index in [2.05, 4.69) is 10.9 Å². The Kier molecular flexibility index (Phi) is 8.78. The van der Waals surface area contributed by atoms with E-state index >= 15 is 0 Å². The van der Waals surface area contributed by atoms with Gasteiger partial charge in [-0.25, -0.2) is 8.42 Å². The zero-order valence-corrected chi connectivity index (χ0v) is 21.0. The van der Waals surface area contributed by atoms with Crippen LogP contribution in [0.4, 0.5) is 0 Å². The number of hydrogen-bond donors (Lipinski definition) is 2. The summed E-state index contributed by atoms with van der Waals surface area (Å²) >= 11 is 0. The van der Waals surface area contributed by atoms with Crippen LogP contribution >= 0.6 is 0 Å². The molecule has 0 spiro atoms. The van der Waals surface area contributed by atoms with Gasteiger partial charge in [-0.15, -0.1) is 0 Å². The van der Waals surface area contributed by atoms with Gasteiger partial charge in [-0.3, -0.25) is 20.4 Å². The number of hydrazine groups is 1. The summed E-state index contributed by atoms with van der Waals surface area (Å²) in [6.07, 6.45) is 1.50. The molecule has 1 atom stereocenters. The van der Waals surface area contributed by atoms with E-state index in [0.717, 1.165) is 23.1 Å². The molecule has 0 radical (unpaired) electrons. The summed E-state index contributed by atoms with van der Waals surface area (Å²) in [7, 11) is -2.11. The molecule has 0 heterocycles. The van der Waals surface area contributed by atoms with Crippen LogP contribution in [0.1, 0.15) is 52.7 Å². The summed E-state index contributed by atoms with van der Waals surface area (Å²) < 4.78 is 26.9. The third-order valence-corrected chi connectivity index (χ3v) is 7.56. The third kappa shape index (κ3) is 6.77. The molecule has 0 aliphatic rings. The molecule has 0 bridgehead atoms. The highest BCUT2D eigenvalue weighted by Gasteiger charge is 2.22. The summed E-state index contributed by atoms with van der Waals surface area (Å²) in [6, 6.07) is 22.8. The van der Waals surface area contributed by atoms with Crippen LogP contribution in [0.15, 0.2) is 83.8 Å². The van der Waals surface area contributed by atoms with E-state index in [-0.39, 0.29) is 23.3 Å². The van der Waals surface area contributed by atoms with Gasteiger partial charge in [0.1, 0.15) is 0 Å².